The highest BCUT2D eigenvalue weighted by Crippen LogP contribution is 2.25. The number of benzene rings is 2. The molecule has 1 fully saturated rings. The number of rotatable bonds is 8. The van der Waals surface area contributed by atoms with Crippen LogP contribution in [0.15, 0.2) is 48.5 Å². The van der Waals surface area contributed by atoms with Crippen LogP contribution in [0.1, 0.15) is 15.9 Å². The van der Waals surface area contributed by atoms with Crippen LogP contribution in [0.25, 0.3) is 0 Å². The lowest BCUT2D eigenvalue weighted by Crippen LogP contribution is -2.35. The molecule has 1 N–H and O–H groups in total. The third-order valence-electron chi connectivity index (χ3n) is 4.41. The number of carbonyl (C=O) groups excluding carboxylic acids is 1. The number of morpholine rings is 1. The number of amides is 1. The fourth-order valence-corrected chi connectivity index (χ4v) is 2.99. The Morgan fingerprint density at radius 1 is 1.11 bits per heavy atom. The molecule has 6 nitrogen and oxygen atoms in total. The molecule has 0 bridgehead atoms. The molecule has 0 atom stereocenters. The minimum absolute atomic E-state index is 0.0949. The number of nitrogens with zero attached hydrogens (tertiary/aromatic N) is 1. The van der Waals surface area contributed by atoms with Gasteiger partial charge in [-0.05, 0) is 29.8 Å². The molecule has 1 heterocycles. The highest BCUT2D eigenvalue weighted by Gasteiger charge is 2.12. The van der Waals surface area contributed by atoms with Gasteiger partial charge >= 0.3 is 0 Å². The minimum atomic E-state index is -0.0949. The summed E-state index contributed by atoms with van der Waals surface area (Å²) in [4.78, 5) is 14.7. The maximum absolute atomic E-state index is 12.4. The maximum Gasteiger partial charge on any atom is 0.251 e. The molecule has 6 heteroatoms. The SMILES string of the molecule is COc1ccccc1OCCNC(=O)c1cccc(CN2CCOCC2)c1. The van der Waals surface area contributed by atoms with Crippen LogP contribution in [0.5, 0.6) is 11.5 Å². The first-order chi connectivity index (χ1) is 13.3. The standard InChI is InChI=1S/C21H26N2O4/c1-25-19-7-2-3-8-20(19)27-12-9-22-21(24)18-6-4-5-17(15-18)16-23-10-13-26-14-11-23/h2-8,15H,9-14,16H2,1H3,(H,22,24). The summed E-state index contributed by atoms with van der Waals surface area (Å²) in [5, 5.41) is 2.90. The van der Waals surface area contributed by atoms with Crippen molar-refractivity contribution >= 4 is 5.91 Å². The van der Waals surface area contributed by atoms with Gasteiger partial charge in [0.2, 0.25) is 0 Å². The molecule has 1 amide bonds. The number of ether oxygens (including phenoxy) is 3. The van der Waals surface area contributed by atoms with E-state index in [-0.39, 0.29) is 5.91 Å². The minimum Gasteiger partial charge on any atom is -0.493 e. The van der Waals surface area contributed by atoms with Gasteiger partial charge in [0, 0.05) is 25.2 Å². The zero-order valence-electron chi connectivity index (χ0n) is 15.6. The third-order valence-corrected chi connectivity index (χ3v) is 4.41. The Morgan fingerprint density at radius 2 is 1.89 bits per heavy atom. The first-order valence-electron chi connectivity index (χ1n) is 9.19. The van der Waals surface area contributed by atoms with Crippen LogP contribution in [0.2, 0.25) is 0 Å². The summed E-state index contributed by atoms with van der Waals surface area (Å²) in [6.45, 7) is 5.03. The van der Waals surface area contributed by atoms with E-state index in [9.17, 15) is 4.79 Å². The smallest absolute Gasteiger partial charge is 0.251 e. The van der Waals surface area contributed by atoms with Crippen molar-refractivity contribution in [3.8, 4) is 11.5 Å². The number of hydrogen-bond acceptors (Lipinski definition) is 5. The van der Waals surface area contributed by atoms with Crippen molar-refractivity contribution in [2.24, 2.45) is 0 Å². The predicted octanol–water partition coefficient (Wildman–Crippen LogP) is 2.34. The Balaban J connectivity index is 1.47. The molecule has 27 heavy (non-hydrogen) atoms. The molecule has 0 radical (unpaired) electrons. The number of para-hydroxylation sites is 2. The van der Waals surface area contributed by atoms with Gasteiger partial charge in [0.15, 0.2) is 11.5 Å². The second-order valence-corrected chi connectivity index (χ2v) is 6.34. The van der Waals surface area contributed by atoms with E-state index in [0.717, 1.165) is 38.4 Å². The lowest BCUT2D eigenvalue weighted by Gasteiger charge is -2.26. The Bertz CT molecular complexity index is 744. The van der Waals surface area contributed by atoms with Gasteiger partial charge in [-0.3, -0.25) is 9.69 Å². The fourth-order valence-electron chi connectivity index (χ4n) is 2.99. The van der Waals surface area contributed by atoms with Gasteiger partial charge in [0.25, 0.3) is 5.91 Å². The van der Waals surface area contributed by atoms with Gasteiger partial charge in [0.1, 0.15) is 6.61 Å². The van der Waals surface area contributed by atoms with E-state index in [0.29, 0.717) is 30.2 Å². The zero-order valence-corrected chi connectivity index (χ0v) is 15.6. The molecule has 2 aromatic rings. The Labute approximate surface area is 160 Å². The molecular formula is C21H26N2O4. The molecule has 1 saturated heterocycles. The molecule has 0 spiro atoms. The highest BCUT2D eigenvalue weighted by molar-refractivity contribution is 5.94. The average molecular weight is 370 g/mol. The lowest BCUT2D eigenvalue weighted by atomic mass is 10.1. The van der Waals surface area contributed by atoms with Gasteiger partial charge in [0.05, 0.1) is 26.9 Å². The molecular weight excluding hydrogens is 344 g/mol. The van der Waals surface area contributed by atoms with Crippen molar-refractivity contribution in [2.45, 2.75) is 6.54 Å². The third kappa shape index (κ3) is 5.70. The van der Waals surface area contributed by atoms with E-state index < -0.39 is 0 Å². The molecule has 1 aliphatic heterocycles. The van der Waals surface area contributed by atoms with Crippen molar-refractivity contribution in [1.29, 1.82) is 0 Å². The van der Waals surface area contributed by atoms with Crippen molar-refractivity contribution in [3.05, 3.63) is 59.7 Å². The molecule has 0 aromatic heterocycles. The maximum atomic E-state index is 12.4. The first-order valence-corrected chi connectivity index (χ1v) is 9.19. The van der Waals surface area contributed by atoms with Crippen LogP contribution in [0.3, 0.4) is 0 Å². The van der Waals surface area contributed by atoms with Crippen LogP contribution in [-0.4, -0.2) is 57.4 Å². The van der Waals surface area contributed by atoms with Crippen LogP contribution >= 0.6 is 0 Å². The molecule has 1 aliphatic rings. The van der Waals surface area contributed by atoms with Crippen molar-refractivity contribution < 1.29 is 19.0 Å². The summed E-state index contributed by atoms with van der Waals surface area (Å²) < 4.78 is 16.3. The Kier molecular flexibility index (Phi) is 7.07. The highest BCUT2D eigenvalue weighted by atomic mass is 16.5. The van der Waals surface area contributed by atoms with E-state index in [4.69, 9.17) is 14.2 Å². The van der Waals surface area contributed by atoms with Gasteiger partial charge < -0.3 is 19.5 Å². The molecule has 3 rings (SSSR count). The summed E-state index contributed by atoms with van der Waals surface area (Å²) in [6.07, 6.45) is 0. The Morgan fingerprint density at radius 3 is 2.67 bits per heavy atom. The Hall–Kier alpha value is -2.57. The summed E-state index contributed by atoms with van der Waals surface area (Å²) in [5.74, 6) is 1.25. The largest absolute Gasteiger partial charge is 0.493 e. The summed E-state index contributed by atoms with van der Waals surface area (Å²) >= 11 is 0. The van der Waals surface area contributed by atoms with Crippen LogP contribution in [0, 0.1) is 0 Å². The second-order valence-electron chi connectivity index (χ2n) is 6.34. The number of methoxy groups -OCH3 is 1. The summed E-state index contributed by atoms with van der Waals surface area (Å²) in [5.41, 5.74) is 1.80. The number of nitrogens with one attached hydrogen (secondary N) is 1. The average Bonchev–Trinajstić information content (AvgIpc) is 2.72. The number of hydrogen-bond donors (Lipinski definition) is 1. The molecule has 144 valence electrons. The second kappa shape index (κ2) is 9.94. The van der Waals surface area contributed by atoms with E-state index in [1.807, 2.05) is 42.5 Å². The van der Waals surface area contributed by atoms with Gasteiger partial charge in [-0.25, -0.2) is 0 Å². The molecule has 0 saturated carbocycles. The fraction of sp³-hybridized carbons (Fsp3) is 0.381. The predicted molar refractivity (Wildman–Crippen MR) is 103 cm³/mol. The first kappa shape index (κ1) is 19.2. The van der Waals surface area contributed by atoms with E-state index in [2.05, 4.69) is 16.3 Å². The van der Waals surface area contributed by atoms with Crippen LogP contribution < -0.4 is 14.8 Å². The molecule has 0 aliphatic carbocycles. The van der Waals surface area contributed by atoms with Gasteiger partial charge in [-0.1, -0.05) is 24.3 Å². The zero-order chi connectivity index (χ0) is 18.9. The topological polar surface area (TPSA) is 60.0 Å². The summed E-state index contributed by atoms with van der Waals surface area (Å²) in [7, 11) is 1.61. The van der Waals surface area contributed by atoms with E-state index in [1.54, 1.807) is 7.11 Å². The van der Waals surface area contributed by atoms with Gasteiger partial charge in [-0.15, -0.1) is 0 Å². The van der Waals surface area contributed by atoms with Gasteiger partial charge in [-0.2, -0.15) is 0 Å². The van der Waals surface area contributed by atoms with Crippen LogP contribution in [0.4, 0.5) is 0 Å². The van der Waals surface area contributed by atoms with Crippen molar-refractivity contribution in [2.75, 3.05) is 46.6 Å². The molecule has 0 unspecified atom stereocenters. The van der Waals surface area contributed by atoms with Crippen LogP contribution in [-0.2, 0) is 11.3 Å². The van der Waals surface area contributed by atoms with E-state index >= 15 is 0 Å². The quantitative estimate of drug-likeness (QED) is 0.723. The van der Waals surface area contributed by atoms with Crippen molar-refractivity contribution in [3.63, 3.8) is 0 Å². The monoisotopic (exact) mass is 370 g/mol. The van der Waals surface area contributed by atoms with Crippen molar-refractivity contribution in [1.82, 2.24) is 10.2 Å². The summed E-state index contributed by atoms with van der Waals surface area (Å²) in [6, 6.07) is 15.2. The molecule has 2 aromatic carbocycles. The normalized spacial score (nSPS) is 14.6. The number of carbonyl (C=O) groups is 1. The lowest BCUT2D eigenvalue weighted by molar-refractivity contribution is 0.0342. The van der Waals surface area contributed by atoms with E-state index in [1.165, 1.54) is 0 Å².